The first-order valence-corrected chi connectivity index (χ1v) is 4.57. The zero-order chi connectivity index (χ0) is 9.30. The van der Waals surface area contributed by atoms with Crippen molar-refractivity contribution in [1.82, 2.24) is 0 Å². The summed E-state index contributed by atoms with van der Waals surface area (Å²) in [5.74, 6) is -0.655. The number of ketones is 1. The molecule has 0 aromatic heterocycles. The third-order valence-corrected chi connectivity index (χ3v) is 3.03. The van der Waals surface area contributed by atoms with Crippen LogP contribution in [0.2, 0.25) is 0 Å². The summed E-state index contributed by atoms with van der Waals surface area (Å²) in [5, 5.41) is 0. The van der Waals surface area contributed by atoms with Gasteiger partial charge in [-0.15, -0.1) is 0 Å². The average Bonchev–Trinajstić information content (AvgIpc) is 1.97. The van der Waals surface area contributed by atoms with E-state index in [-0.39, 0.29) is 11.3 Å². The Hall–Kier alpha value is -0.450. The summed E-state index contributed by atoms with van der Waals surface area (Å²) in [4.78, 5) is 11.0. The lowest BCUT2D eigenvalue weighted by Crippen LogP contribution is -2.02. The van der Waals surface area contributed by atoms with Gasteiger partial charge in [-0.05, 0) is 48.1 Å². The second-order valence-corrected chi connectivity index (χ2v) is 3.69. The SMILES string of the molecule is CC(=O)c1c(F)ccc(C)c1I. The second-order valence-electron chi connectivity index (χ2n) is 2.61. The number of carbonyl (C=O) groups excluding carboxylic acids is 1. The van der Waals surface area contributed by atoms with Gasteiger partial charge >= 0.3 is 0 Å². The number of carbonyl (C=O) groups is 1. The van der Waals surface area contributed by atoms with Crippen molar-refractivity contribution in [3.05, 3.63) is 32.6 Å². The van der Waals surface area contributed by atoms with Crippen molar-refractivity contribution in [2.45, 2.75) is 13.8 Å². The topological polar surface area (TPSA) is 17.1 Å². The highest BCUT2D eigenvalue weighted by atomic mass is 127. The molecule has 0 atom stereocenters. The molecular formula is C9H8FIO. The van der Waals surface area contributed by atoms with Crippen LogP contribution in [-0.2, 0) is 0 Å². The molecule has 0 heterocycles. The standard InChI is InChI=1S/C9H8FIO/c1-5-3-4-7(10)8(6(2)12)9(5)11/h3-4H,1-2H3. The van der Waals surface area contributed by atoms with Crippen LogP contribution >= 0.6 is 22.6 Å². The second kappa shape index (κ2) is 3.51. The summed E-state index contributed by atoms with van der Waals surface area (Å²) in [5.41, 5.74) is 1.14. The van der Waals surface area contributed by atoms with Crippen molar-refractivity contribution in [2.75, 3.05) is 0 Å². The van der Waals surface area contributed by atoms with Gasteiger partial charge < -0.3 is 0 Å². The predicted octanol–water partition coefficient (Wildman–Crippen LogP) is 2.94. The average molecular weight is 278 g/mol. The molecule has 1 aromatic carbocycles. The van der Waals surface area contributed by atoms with E-state index >= 15 is 0 Å². The Morgan fingerprint density at radius 1 is 1.50 bits per heavy atom. The molecule has 64 valence electrons. The van der Waals surface area contributed by atoms with Crippen molar-refractivity contribution >= 4 is 28.4 Å². The molecule has 0 aliphatic heterocycles. The van der Waals surface area contributed by atoms with Crippen LogP contribution in [0, 0.1) is 16.3 Å². The van der Waals surface area contributed by atoms with Crippen molar-refractivity contribution in [1.29, 1.82) is 0 Å². The fourth-order valence-electron chi connectivity index (χ4n) is 0.979. The number of benzene rings is 1. The Bertz CT molecular complexity index is 334. The van der Waals surface area contributed by atoms with Crippen molar-refractivity contribution in [2.24, 2.45) is 0 Å². The molecule has 0 saturated heterocycles. The Morgan fingerprint density at radius 2 is 2.08 bits per heavy atom. The van der Waals surface area contributed by atoms with Crippen molar-refractivity contribution in [3.63, 3.8) is 0 Å². The minimum atomic E-state index is -0.433. The van der Waals surface area contributed by atoms with Gasteiger partial charge in [0.05, 0.1) is 5.56 Å². The maximum atomic E-state index is 13.1. The number of hydrogen-bond donors (Lipinski definition) is 0. The first-order valence-electron chi connectivity index (χ1n) is 3.49. The molecule has 0 saturated carbocycles. The summed E-state index contributed by atoms with van der Waals surface area (Å²) in [6, 6.07) is 3.00. The lowest BCUT2D eigenvalue weighted by Gasteiger charge is -2.04. The molecule has 1 aromatic rings. The van der Waals surface area contributed by atoms with Crippen molar-refractivity contribution in [3.8, 4) is 0 Å². The number of hydrogen-bond acceptors (Lipinski definition) is 1. The number of Topliss-reactive ketones (excluding diaryl/α,β-unsaturated/α-hetero) is 1. The molecule has 1 nitrogen and oxygen atoms in total. The molecule has 12 heavy (non-hydrogen) atoms. The van der Waals surface area contributed by atoms with Gasteiger partial charge in [-0.1, -0.05) is 6.07 Å². The summed E-state index contributed by atoms with van der Waals surface area (Å²) >= 11 is 1.98. The molecule has 1 rings (SSSR count). The molecule has 0 fully saturated rings. The molecule has 0 bridgehead atoms. The van der Waals surface area contributed by atoms with E-state index in [4.69, 9.17) is 0 Å². The molecule has 0 aliphatic carbocycles. The quantitative estimate of drug-likeness (QED) is 0.570. The lowest BCUT2D eigenvalue weighted by atomic mass is 10.1. The van der Waals surface area contributed by atoms with Gasteiger partial charge in [0.2, 0.25) is 0 Å². The molecule has 0 radical (unpaired) electrons. The Balaban J connectivity index is 3.43. The Morgan fingerprint density at radius 3 is 2.50 bits per heavy atom. The molecule has 0 spiro atoms. The zero-order valence-corrected chi connectivity index (χ0v) is 8.98. The minimum absolute atomic E-state index is 0.204. The van der Waals surface area contributed by atoms with Crippen LogP contribution in [0.4, 0.5) is 4.39 Å². The fourth-order valence-corrected chi connectivity index (χ4v) is 1.80. The maximum absolute atomic E-state index is 13.1. The van der Waals surface area contributed by atoms with Gasteiger partial charge in [0, 0.05) is 3.57 Å². The lowest BCUT2D eigenvalue weighted by molar-refractivity contribution is 0.101. The third kappa shape index (κ3) is 1.65. The van der Waals surface area contributed by atoms with Gasteiger partial charge in [0.15, 0.2) is 5.78 Å². The summed E-state index contributed by atoms with van der Waals surface area (Å²) in [6.45, 7) is 3.23. The van der Waals surface area contributed by atoms with E-state index < -0.39 is 5.82 Å². The Labute approximate surface area is 84.1 Å². The van der Waals surface area contributed by atoms with E-state index in [0.717, 1.165) is 5.56 Å². The monoisotopic (exact) mass is 278 g/mol. The van der Waals surface area contributed by atoms with E-state index in [2.05, 4.69) is 0 Å². The largest absolute Gasteiger partial charge is 0.294 e. The predicted molar refractivity (Wildman–Crippen MR) is 53.9 cm³/mol. The normalized spacial score (nSPS) is 10.0. The third-order valence-electron chi connectivity index (χ3n) is 1.64. The van der Waals surface area contributed by atoms with E-state index in [9.17, 15) is 9.18 Å². The fraction of sp³-hybridized carbons (Fsp3) is 0.222. The summed E-state index contributed by atoms with van der Waals surface area (Å²) in [7, 11) is 0. The van der Waals surface area contributed by atoms with Crippen LogP contribution in [-0.4, -0.2) is 5.78 Å². The van der Waals surface area contributed by atoms with E-state index in [1.54, 1.807) is 6.07 Å². The van der Waals surface area contributed by atoms with Crippen LogP contribution in [0.15, 0.2) is 12.1 Å². The molecular weight excluding hydrogens is 270 g/mol. The zero-order valence-electron chi connectivity index (χ0n) is 6.82. The maximum Gasteiger partial charge on any atom is 0.163 e. The smallest absolute Gasteiger partial charge is 0.163 e. The van der Waals surface area contributed by atoms with Crippen LogP contribution in [0.1, 0.15) is 22.8 Å². The van der Waals surface area contributed by atoms with Crippen LogP contribution in [0.25, 0.3) is 0 Å². The highest BCUT2D eigenvalue weighted by molar-refractivity contribution is 14.1. The van der Waals surface area contributed by atoms with E-state index in [1.807, 2.05) is 29.5 Å². The van der Waals surface area contributed by atoms with Crippen LogP contribution < -0.4 is 0 Å². The number of halogens is 2. The van der Waals surface area contributed by atoms with Crippen LogP contribution in [0.3, 0.4) is 0 Å². The molecule has 0 N–H and O–H groups in total. The first-order chi connectivity index (χ1) is 5.54. The summed E-state index contributed by atoms with van der Waals surface area (Å²) < 4.78 is 13.8. The molecule has 3 heteroatoms. The summed E-state index contributed by atoms with van der Waals surface area (Å²) in [6.07, 6.45) is 0. The van der Waals surface area contributed by atoms with Gasteiger partial charge in [-0.2, -0.15) is 0 Å². The molecule has 0 unspecified atom stereocenters. The highest BCUT2D eigenvalue weighted by Crippen LogP contribution is 2.20. The van der Waals surface area contributed by atoms with Crippen molar-refractivity contribution < 1.29 is 9.18 Å². The minimum Gasteiger partial charge on any atom is -0.294 e. The van der Waals surface area contributed by atoms with E-state index in [0.29, 0.717) is 3.57 Å². The van der Waals surface area contributed by atoms with Gasteiger partial charge in [0.25, 0.3) is 0 Å². The molecule has 0 aliphatic rings. The number of rotatable bonds is 1. The first kappa shape index (κ1) is 9.64. The molecule has 0 amide bonds. The Kier molecular flexibility index (Phi) is 2.82. The van der Waals surface area contributed by atoms with E-state index in [1.165, 1.54) is 13.0 Å². The van der Waals surface area contributed by atoms with Gasteiger partial charge in [-0.3, -0.25) is 4.79 Å². The van der Waals surface area contributed by atoms with Crippen LogP contribution in [0.5, 0.6) is 0 Å². The van der Waals surface area contributed by atoms with Gasteiger partial charge in [0.1, 0.15) is 5.82 Å². The van der Waals surface area contributed by atoms with Gasteiger partial charge in [-0.25, -0.2) is 4.39 Å². The number of aryl methyl sites for hydroxylation is 1. The highest BCUT2D eigenvalue weighted by Gasteiger charge is 2.12.